The van der Waals surface area contributed by atoms with Crippen LogP contribution in [0.2, 0.25) is 0 Å². The summed E-state index contributed by atoms with van der Waals surface area (Å²) in [5, 5.41) is 2.82. The summed E-state index contributed by atoms with van der Waals surface area (Å²) in [4.78, 5) is 12.6. The monoisotopic (exact) mass is 500 g/mol. The fourth-order valence-corrected chi connectivity index (χ4v) is 4.45. The van der Waals surface area contributed by atoms with Crippen LogP contribution in [0.15, 0.2) is 77.3 Å². The van der Waals surface area contributed by atoms with E-state index in [1.807, 2.05) is 12.1 Å². The summed E-state index contributed by atoms with van der Waals surface area (Å²) in [7, 11) is -3.59. The first-order valence-corrected chi connectivity index (χ1v) is 12.2. The molecular formula is C24H25BrN2O3S. The molecular weight excluding hydrogens is 476 g/mol. The molecule has 0 aromatic heterocycles. The van der Waals surface area contributed by atoms with Crippen molar-refractivity contribution in [1.82, 2.24) is 0 Å². The van der Waals surface area contributed by atoms with E-state index in [0.29, 0.717) is 22.5 Å². The average molecular weight is 501 g/mol. The van der Waals surface area contributed by atoms with Crippen LogP contribution in [0.5, 0.6) is 0 Å². The number of anilines is 2. The first-order valence-electron chi connectivity index (χ1n) is 9.79. The van der Waals surface area contributed by atoms with Gasteiger partial charge < -0.3 is 5.32 Å². The molecule has 0 atom stereocenters. The van der Waals surface area contributed by atoms with Gasteiger partial charge in [0, 0.05) is 15.7 Å². The van der Waals surface area contributed by atoms with Crippen LogP contribution in [-0.4, -0.2) is 14.3 Å². The smallest absolute Gasteiger partial charge is 0.255 e. The van der Waals surface area contributed by atoms with E-state index in [9.17, 15) is 13.2 Å². The molecule has 0 aliphatic carbocycles. The van der Waals surface area contributed by atoms with E-state index in [1.54, 1.807) is 60.7 Å². The third kappa shape index (κ3) is 6.67. The number of hydrogen-bond acceptors (Lipinski definition) is 3. The molecule has 0 aliphatic rings. The van der Waals surface area contributed by atoms with Crippen LogP contribution in [0.1, 0.15) is 42.3 Å². The second-order valence-corrected chi connectivity index (χ2v) is 11.0. The summed E-state index contributed by atoms with van der Waals surface area (Å²) in [6.45, 7) is 6.35. The van der Waals surface area contributed by atoms with E-state index in [1.165, 1.54) is 0 Å². The Kier molecular flexibility index (Phi) is 6.86. The Morgan fingerprint density at radius 1 is 0.903 bits per heavy atom. The molecule has 0 aliphatic heterocycles. The maximum Gasteiger partial charge on any atom is 0.255 e. The van der Waals surface area contributed by atoms with Crippen LogP contribution < -0.4 is 10.0 Å². The Hall–Kier alpha value is -2.64. The first kappa shape index (κ1) is 23.0. The number of hydrogen-bond donors (Lipinski definition) is 2. The zero-order valence-electron chi connectivity index (χ0n) is 17.6. The minimum atomic E-state index is -3.59. The highest BCUT2D eigenvalue weighted by Crippen LogP contribution is 2.23. The van der Waals surface area contributed by atoms with Crippen molar-refractivity contribution in [1.29, 1.82) is 0 Å². The van der Waals surface area contributed by atoms with Crippen molar-refractivity contribution in [3.8, 4) is 0 Å². The van der Waals surface area contributed by atoms with E-state index in [-0.39, 0.29) is 17.1 Å². The molecule has 0 fully saturated rings. The van der Waals surface area contributed by atoms with Gasteiger partial charge in [0.1, 0.15) is 0 Å². The molecule has 162 valence electrons. The largest absolute Gasteiger partial charge is 0.322 e. The number of amides is 1. The van der Waals surface area contributed by atoms with E-state index in [0.717, 1.165) is 10.0 Å². The van der Waals surface area contributed by atoms with Crippen molar-refractivity contribution in [2.75, 3.05) is 10.0 Å². The molecule has 5 nitrogen and oxygen atoms in total. The predicted octanol–water partition coefficient (Wildman–Crippen LogP) is 5.94. The van der Waals surface area contributed by atoms with Gasteiger partial charge in [-0.3, -0.25) is 9.52 Å². The fourth-order valence-electron chi connectivity index (χ4n) is 3.00. The van der Waals surface area contributed by atoms with Gasteiger partial charge in [0.2, 0.25) is 10.0 Å². The molecule has 3 aromatic carbocycles. The summed E-state index contributed by atoms with van der Waals surface area (Å²) in [5.74, 6) is -0.396. The lowest BCUT2D eigenvalue weighted by molar-refractivity contribution is 0.102. The van der Waals surface area contributed by atoms with Crippen LogP contribution in [-0.2, 0) is 21.2 Å². The maximum atomic E-state index is 12.6. The quantitative estimate of drug-likeness (QED) is 0.439. The molecule has 3 rings (SSSR count). The van der Waals surface area contributed by atoms with Crippen molar-refractivity contribution in [2.24, 2.45) is 0 Å². The maximum absolute atomic E-state index is 12.6. The van der Waals surface area contributed by atoms with Gasteiger partial charge in [0.15, 0.2) is 0 Å². The third-order valence-electron chi connectivity index (χ3n) is 4.68. The lowest BCUT2D eigenvalue weighted by atomic mass is 9.87. The molecule has 0 heterocycles. The minimum absolute atomic E-state index is 0.0107. The average Bonchev–Trinajstić information content (AvgIpc) is 2.69. The van der Waals surface area contributed by atoms with E-state index in [4.69, 9.17) is 0 Å². The summed E-state index contributed by atoms with van der Waals surface area (Å²) < 4.78 is 28.5. The fraction of sp³-hybridized carbons (Fsp3) is 0.208. The Balaban J connectivity index is 1.68. The van der Waals surface area contributed by atoms with Crippen LogP contribution in [0.3, 0.4) is 0 Å². The number of carbonyl (C=O) groups excluding carboxylic acids is 1. The van der Waals surface area contributed by atoms with Crippen LogP contribution in [0.25, 0.3) is 0 Å². The molecule has 0 saturated heterocycles. The number of rotatable bonds is 6. The van der Waals surface area contributed by atoms with Crippen molar-refractivity contribution in [3.63, 3.8) is 0 Å². The van der Waals surface area contributed by atoms with Gasteiger partial charge in [0.25, 0.3) is 5.91 Å². The Morgan fingerprint density at radius 2 is 1.52 bits per heavy atom. The van der Waals surface area contributed by atoms with E-state index in [2.05, 4.69) is 46.7 Å². The molecule has 31 heavy (non-hydrogen) atoms. The summed E-state index contributed by atoms with van der Waals surface area (Å²) in [6, 6.07) is 21.2. The molecule has 0 spiro atoms. The lowest BCUT2D eigenvalue weighted by Gasteiger charge is -2.19. The molecule has 0 saturated carbocycles. The molecule has 0 radical (unpaired) electrons. The van der Waals surface area contributed by atoms with Gasteiger partial charge in [-0.05, 0) is 59.0 Å². The number of nitrogens with one attached hydrogen (secondary N) is 2. The van der Waals surface area contributed by atoms with Gasteiger partial charge in [-0.1, -0.05) is 67.0 Å². The van der Waals surface area contributed by atoms with Gasteiger partial charge in [0.05, 0.1) is 11.4 Å². The number of halogens is 1. The second-order valence-electron chi connectivity index (χ2n) is 8.35. The van der Waals surface area contributed by atoms with Crippen LogP contribution >= 0.6 is 15.9 Å². The lowest BCUT2D eigenvalue weighted by Crippen LogP contribution is -2.16. The van der Waals surface area contributed by atoms with Crippen LogP contribution in [0.4, 0.5) is 11.4 Å². The molecule has 0 bridgehead atoms. The molecule has 1 amide bonds. The standard InChI is InChI=1S/C24H25BrN2O3S/c1-24(2,3)19-11-9-18(10-12-19)23(28)26-21-5-4-6-22(15-21)27-31(29,30)16-17-7-13-20(25)14-8-17/h4-15,27H,16H2,1-3H3,(H,26,28). The van der Waals surface area contributed by atoms with E-state index >= 15 is 0 Å². The summed E-state index contributed by atoms with van der Waals surface area (Å²) in [5.41, 5.74) is 3.27. The van der Waals surface area contributed by atoms with Crippen molar-refractivity contribution < 1.29 is 13.2 Å². The van der Waals surface area contributed by atoms with Crippen molar-refractivity contribution in [2.45, 2.75) is 31.9 Å². The second kappa shape index (κ2) is 9.24. The Morgan fingerprint density at radius 3 is 2.13 bits per heavy atom. The molecule has 7 heteroatoms. The van der Waals surface area contributed by atoms with Gasteiger partial charge in [-0.2, -0.15) is 0 Å². The van der Waals surface area contributed by atoms with Gasteiger partial charge in [-0.15, -0.1) is 0 Å². The predicted molar refractivity (Wildman–Crippen MR) is 130 cm³/mol. The molecule has 0 unspecified atom stereocenters. The molecule has 2 N–H and O–H groups in total. The highest BCUT2D eigenvalue weighted by atomic mass is 79.9. The van der Waals surface area contributed by atoms with E-state index < -0.39 is 10.0 Å². The number of benzene rings is 3. The zero-order valence-corrected chi connectivity index (χ0v) is 20.0. The number of carbonyl (C=O) groups is 1. The first-order chi connectivity index (χ1) is 14.5. The third-order valence-corrected chi connectivity index (χ3v) is 6.47. The Bertz CT molecular complexity index is 1170. The van der Waals surface area contributed by atoms with Crippen LogP contribution in [0, 0.1) is 0 Å². The zero-order chi connectivity index (χ0) is 22.6. The van der Waals surface area contributed by atoms with Crippen molar-refractivity contribution >= 4 is 43.2 Å². The Labute approximate surface area is 192 Å². The van der Waals surface area contributed by atoms with Gasteiger partial charge >= 0.3 is 0 Å². The van der Waals surface area contributed by atoms with Gasteiger partial charge in [-0.25, -0.2) is 8.42 Å². The highest BCUT2D eigenvalue weighted by Gasteiger charge is 2.15. The highest BCUT2D eigenvalue weighted by molar-refractivity contribution is 9.10. The van der Waals surface area contributed by atoms with Crippen molar-refractivity contribution in [3.05, 3.63) is 94.0 Å². The minimum Gasteiger partial charge on any atom is -0.322 e. The normalized spacial score (nSPS) is 11.7. The molecule has 3 aromatic rings. The number of sulfonamides is 1. The SMILES string of the molecule is CC(C)(C)c1ccc(C(=O)Nc2cccc(NS(=O)(=O)Cc3ccc(Br)cc3)c2)cc1. The topological polar surface area (TPSA) is 75.3 Å². The summed E-state index contributed by atoms with van der Waals surface area (Å²) in [6.07, 6.45) is 0. The summed E-state index contributed by atoms with van der Waals surface area (Å²) >= 11 is 3.34.